The molecule has 114 valence electrons. The number of para-hydroxylation sites is 1. The highest BCUT2D eigenvalue weighted by Gasteiger charge is 2.29. The Morgan fingerprint density at radius 3 is 2.86 bits per heavy atom. The molecule has 0 saturated heterocycles. The van der Waals surface area contributed by atoms with Crippen LogP contribution in [0.5, 0.6) is 11.5 Å². The number of nitrogens with zero attached hydrogens (tertiary/aromatic N) is 3. The molecular formula is C15H15N3O4. The number of carbonyl (C=O) groups excluding carboxylic acids is 1. The van der Waals surface area contributed by atoms with Crippen molar-refractivity contribution in [2.24, 2.45) is 7.05 Å². The molecule has 3 rings (SSSR count). The second-order valence-corrected chi connectivity index (χ2v) is 5.01. The predicted octanol–water partition coefficient (Wildman–Crippen LogP) is 1.97. The molecule has 0 saturated carbocycles. The highest BCUT2D eigenvalue weighted by Crippen LogP contribution is 2.38. The fourth-order valence-electron chi connectivity index (χ4n) is 2.41. The Morgan fingerprint density at radius 2 is 2.14 bits per heavy atom. The smallest absolute Gasteiger partial charge is 0.414 e. The molecule has 7 nitrogen and oxygen atoms in total. The second kappa shape index (κ2) is 5.18. The van der Waals surface area contributed by atoms with E-state index in [-0.39, 0.29) is 12.3 Å². The Kier molecular flexibility index (Phi) is 3.32. The summed E-state index contributed by atoms with van der Waals surface area (Å²) in [5.41, 5.74) is 1.56. The highest BCUT2D eigenvalue weighted by atomic mass is 16.5. The van der Waals surface area contributed by atoms with Gasteiger partial charge in [-0.1, -0.05) is 18.2 Å². The number of anilines is 1. The second-order valence-electron chi connectivity index (χ2n) is 5.01. The number of fused-ring (bicyclic) bond motifs is 2. The number of benzene rings is 1. The number of hydrogen-bond acceptors (Lipinski definition) is 5. The van der Waals surface area contributed by atoms with Gasteiger partial charge in [0.2, 0.25) is 5.75 Å². The molecule has 0 N–H and O–H groups in total. The number of hydrogen-bond donors (Lipinski definition) is 0. The number of carbonyl (C=O) groups is 1. The van der Waals surface area contributed by atoms with Crippen molar-refractivity contribution in [3.05, 3.63) is 45.9 Å². The van der Waals surface area contributed by atoms with Crippen molar-refractivity contribution >= 4 is 11.8 Å². The van der Waals surface area contributed by atoms with Crippen molar-refractivity contribution < 1.29 is 14.3 Å². The van der Waals surface area contributed by atoms with Crippen molar-refractivity contribution in [1.82, 2.24) is 9.78 Å². The summed E-state index contributed by atoms with van der Waals surface area (Å²) in [6, 6.07) is 5.61. The van der Waals surface area contributed by atoms with Gasteiger partial charge in [0.25, 0.3) is 0 Å². The first-order chi connectivity index (χ1) is 10.5. The molecule has 7 heteroatoms. The lowest BCUT2D eigenvalue weighted by molar-refractivity contribution is 0.178. The maximum atomic E-state index is 12.3. The summed E-state index contributed by atoms with van der Waals surface area (Å²) in [5.74, 6) is 0.648. The lowest BCUT2D eigenvalue weighted by Gasteiger charge is -2.19. The zero-order valence-electron chi connectivity index (χ0n) is 12.5. The van der Waals surface area contributed by atoms with E-state index in [2.05, 4.69) is 5.10 Å². The van der Waals surface area contributed by atoms with Gasteiger partial charge in [-0.3, -0.25) is 9.69 Å². The van der Waals surface area contributed by atoms with Crippen molar-refractivity contribution in [3.8, 4) is 11.5 Å². The topological polar surface area (TPSA) is 73.7 Å². The summed E-state index contributed by atoms with van der Waals surface area (Å²) in [6.45, 7) is 2.13. The van der Waals surface area contributed by atoms with Crippen LogP contribution in [0.2, 0.25) is 0 Å². The molecule has 1 aromatic heterocycles. The standard InChI is InChI=1S/C15H15N3O4/c1-9-5-4-6-10-8-18(15(20)21-3)11-7-16-17(2)14(19)13(11)22-12(9)10/h4-7H,8H2,1-3H3. The summed E-state index contributed by atoms with van der Waals surface area (Å²) in [4.78, 5) is 25.8. The molecule has 0 aliphatic carbocycles. The number of aryl methyl sites for hydroxylation is 2. The fourth-order valence-corrected chi connectivity index (χ4v) is 2.41. The average Bonchev–Trinajstić information content (AvgIpc) is 2.68. The first kappa shape index (κ1) is 14.1. The van der Waals surface area contributed by atoms with Crippen LogP contribution in [0.4, 0.5) is 10.5 Å². The molecule has 2 aromatic rings. The Bertz CT molecular complexity index is 813. The zero-order chi connectivity index (χ0) is 15.9. The molecule has 0 spiro atoms. The van der Waals surface area contributed by atoms with Crippen LogP contribution in [0.1, 0.15) is 11.1 Å². The van der Waals surface area contributed by atoms with Gasteiger partial charge in [0.15, 0.2) is 0 Å². The molecule has 0 fully saturated rings. The van der Waals surface area contributed by atoms with Gasteiger partial charge in [0.1, 0.15) is 11.4 Å². The van der Waals surface area contributed by atoms with Gasteiger partial charge in [-0.05, 0) is 12.5 Å². The van der Waals surface area contributed by atoms with E-state index in [0.29, 0.717) is 11.4 Å². The molecule has 0 unspecified atom stereocenters. The number of rotatable bonds is 0. The third-order valence-corrected chi connectivity index (χ3v) is 3.59. The van der Waals surface area contributed by atoms with E-state index >= 15 is 0 Å². The maximum Gasteiger partial charge on any atom is 0.414 e. The van der Waals surface area contributed by atoms with Crippen molar-refractivity contribution in [1.29, 1.82) is 0 Å². The van der Waals surface area contributed by atoms with Crippen LogP contribution in [0, 0.1) is 6.92 Å². The van der Waals surface area contributed by atoms with Gasteiger partial charge in [0, 0.05) is 12.6 Å². The van der Waals surface area contributed by atoms with Crippen molar-refractivity contribution in [2.75, 3.05) is 12.0 Å². The van der Waals surface area contributed by atoms with Gasteiger partial charge in [-0.15, -0.1) is 0 Å². The van der Waals surface area contributed by atoms with Gasteiger partial charge in [0.05, 0.1) is 19.9 Å². The van der Waals surface area contributed by atoms with Crippen LogP contribution in [-0.2, 0) is 18.3 Å². The van der Waals surface area contributed by atoms with Crippen molar-refractivity contribution in [2.45, 2.75) is 13.5 Å². The monoisotopic (exact) mass is 301 g/mol. The van der Waals surface area contributed by atoms with E-state index in [4.69, 9.17) is 9.47 Å². The third-order valence-electron chi connectivity index (χ3n) is 3.59. The largest absolute Gasteiger partial charge is 0.452 e. The Labute approximate surface area is 126 Å². The molecular weight excluding hydrogens is 286 g/mol. The molecule has 1 aliphatic heterocycles. The lowest BCUT2D eigenvalue weighted by Crippen LogP contribution is -2.32. The van der Waals surface area contributed by atoms with Gasteiger partial charge < -0.3 is 9.47 Å². The number of amides is 1. The van der Waals surface area contributed by atoms with Crippen LogP contribution in [0.25, 0.3) is 0 Å². The Balaban J connectivity index is 2.28. The van der Waals surface area contributed by atoms with Crippen LogP contribution in [0.15, 0.2) is 29.2 Å². The summed E-state index contributed by atoms with van der Waals surface area (Å²) in [6.07, 6.45) is 0.851. The normalized spacial score (nSPS) is 12.8. The SMILES string of the molecule is COC(=O)N1Cc2cccc(C)c2Oc2c1cnn(C)c2=O. The number of ether oxygens (including phenoxy) is 2. The molecule has 0 atom stereocenters. The predicted molar refractivity (Wildman–Crippen MR) is 79.3 cm³/mol. The maximum absolute atomic E-state index is 12.3. The molecule has 1 amide bonds. The van der Waals surface area contributed by atoms with E-state index in [1.807, 2.05) is 25.1 Å². The number of aromatic nitrogens is 2. The summed E-state index contributed by atoms with van der Waals surface area (Å²) in [7, 11) is 2.82. The van der Waals surface area contributed by atoms with E-state index in [1.54, 1.807) is 0 Å². The Morgan fingerprint density at radius 1 is 1.36 bits per heavy atom. The molecule has 0 bridgehead atoms. The highest BCUT2D eigenvalue weighted by molar-refractivity contribution is 5.89. The minimum absolute atomic E-state index is 0.0657. The average molecular weight is 301 g/mol. The van der Waals surface area contributed by atoms with E-state index in [9.17, 15) is 9.59 Å². The minimum atomic E-state index is -0.575. The van der Waals surface area contributed by atoms with E-state index in [0.717, 1.165) is 15.8 Å². The molecule has 2 heterocycles. The zero-order valence-corrected chi connectivity index (χ0v) is 12.5. The van der Waals surface area contributed by atoms with Crippen LogP contribution in [-0.4, -0.2) is 23.0 Å². The minimum Gasteiger partial charge on any atom is -0.452 e. The van der Waals surface area contributed by atoms with Crippen LogP contribution >= 0.6 is 0 Å². The molecule has 1 aromatic carbocycles. The number of methoxy groups -OCH3 is 1. The van der Waals surface area contributed by atoms with Gasteiger partial charge in [-0.25, -0.2) is 9.48 Å². The molecule has 0 radical (unpaired) electrons. The first-order valence-corrected chi connectivity index (χ1v) is 6.71. The quantitative estimate of drug-likeness (QED) is 0.743. The lowest BCUT2D eigenvalue weighted by atomic mass is 10.1. The summed E-state index contributed by atoms with van der Waals surface area (Å²) >= 11 is 0. The fraction of sp³-hybridized carbons (Fsp3) is 0.267. The molecule has 22 heavy (non-hydrogen) atoms. The van der Waals surface area contributed by atoms with Crippen LogP contribution < -0.4 is 15.2 Å². The van der Waals surface area contributed by atoms with Crippen molar-refractivity contribution in [3.63, 3.8) is 0 Å². The third kappa shape index (κ3) is 2.11. The van der Waals surface area contributed by atoms with E-state index < -0.39 is 11.7 Å². The first-order valence-electron chi connectivity index (χ1n) is 6.71. The van der Waals surface area contributed by atoms with E-state index in [1.165, 1.54) is 25.3 Å². The summed E-state index contributed by atoms with van der Waals surface area (Å²) in [5, 5.41) is 3.96. The van der Waals surface area contributed by atoms with Crippen LogP contribution in [0.3, 0.4) is 0 Å². The van der Waals surface area contributed by atoms with Gasteiger partial charge >= 0.3 is 11.7 Å². The summed E-state index contributed by atoms with van der Waals surface area (Å²) < 4.78 is 11.8. The molecule has 1 aliphatic rings. The van der Waals surface area contributed by atoms with Gasteiger partial charge in [-0.2, -0.15) is 5.10 Å². The Hall–Kier alpha value is -2.83.